The molecular weight excluding hydrogens is 204 g/mol. The van der Waals surface area contributed by atoms with E-state index in [0.717, 1.165) is 25.1 Å². The summed E-state index contributed by atoms with van der Waals surface area (Å²) in [6.07, 6.45) is 3.91. The molecule has 1 fully saturated rings. The maximum atomic E-state index is 12.0. The molecule has 0 radical (unpaired) electrons. The van der Waals surface area contributed by atoms with Crippen LogP contribution in [0.2, 0.25) is 0 Å². The van der Waals surface area contributed by atoms with Gasteiger partial charge in [-0.2, -0.15) is 0 Å². The molecule has 0 unspecified atom stereocenters. The summed E-state index contributed by atoms with van der Waals surface area (Å²) in [4.78, 5) is 17.9. The second kappa shape index (κ2) is 5.07. The summed E-state index contributed by atoms with van der Waals surface area (Å²) in [5.74, 6) is 0.0650. The van der Waals surface area contributed by atoms with E-state index in [9.17, 15) is 4.79 Å². The third kappa shape index (κ3) is 2.39. The molecule has 2 heterocycles. The number of carbonyl (C=O) groups excluding carboxylic acids is 1. The van der Waals surface area contributed by atoms with E-state index in [1.807, 2.05) is 18.2 Å². The minimum atomic E-state index is 0.0104. The van der Waals surface area contributed by atoms with Gasteiger partial charge in [0, 0.05) is 18.4 Å². The molecule has 4 nitrogen and oxygen atoms in total. The minimum absolute atomic E-state index is 0.0104. The molecule has 1 aliphatic rings. The fourth-order valence-corrected chi connectivity index (χ4v) is 2.11. The Morgan fingerprint density at radius 2 is 2.44 bits per heavy atom. The molecule has 4 heteroatoms. The zero-order valence-corrected chi connectivity index (χ0v) is 9.17. The van der Waals surface area contributed by atoms with E-state index in [-0.39, 0.29) is 18.6 Å². The lowest BCUT2D eigenvalue weighted by Crippen LogP contribution is -2.38. The van der Waals surface area contributed by atoms with Crippen LogP contribution in [-0.4, -0.2) is 40.1 Å². The van der Waals surface area contributed by atoms with Gasteiger partial charge in [0.15, 0.2) is 0 Å². The summed E-state index contributed by atoms with van der Waals surface area (Å²) < 4.78 is 0. The van der Waals surface area contributed by atoms with Crippen LogP contribution in [-0.2, 0) is 11.2 Å². The van der Waals surface area contributed by atoms with E-state index >= 15 is 0 Å². The normalized spacial score (nSPS) is 20.1. The number of hydrogen-bond donors (Lipinski definition) is 1. The lowest BCUT2D eigenvalue weighted by atomic mass is 10.2. The second-order valence-electron chi connectivity index (χ2n) is 4.06. The van der Waals surface area contributed by atoms with Crippen LogP contribution in [0.4, 0.5) is 0 Å². The van der Waals surface area contributed by atoms with E-state index in [1.165, 1.54) is 0 Å². The van der Waals surface area contributed by atoms with Gasteiger partial charge in [-0.15, -0.1) is 0 Å². The van der Waals surface area contributed by atoms with Gasteiger partial charge in [0.05, 0.1) is 19.1 Å². The number of likely N-dealkylation sites (tertiary alicyclic amines) is 1. The Labute approximate surface area is 94.9 Å². The summed E-state index contributed by atoms with van der Waals surface area (Å²) in [7, 11) is 0. The number of rotatable bonds is 3. The van der Waals surface area contributed by atoms with Gasteiger partial charge in [-0.1, -0.05) is 6.07 Å². The van der Waals surface area contributed by atoms with E-state index in [0.29, 0.717) is 6.42 Å². The van der Waals surface area contributed by atoms with Crippen LogP contribution in [0, 0.1) is 0 Å². The molecule has 16 heavy (non-hydrogen) atoms. The number of carbonyl (C=O) groups is 1. The third-order valence-corrected chi connectivity index (χ3v) is 2.97. The molecule has 2 rings (SSSR count). The number of amides is 1. The molecule has 1 aromatic rings. The van der Waals surface area contributed by atoms with Crippen LogP contribution in [0.1, 0.15) is 18.5 Å². The maximum absolute atomic E-state index is 12.0. The van der Waals surface area contributed by atoms with E-state index in [2.05, 4.69) is 4.98 Å². The van der Waals surface area contributed by atoms with Crippen molar-refractivity contribution in [2.75, 3.05) is 13.2 Å². The Hall–Kier alpha value is -1.42. The molecule has 86 valence electrons. The summed E-state index contributed by atoms with van der Waals surface area (Å²) >= 11 is 0. The van der Waals surface area contributed by atoms with Gasteiger partial charge in [-0.05, 0) is 25.0 Å². The zero-order valence-electron chi connectivity index (χ0n) is 9.17. The maximum Gasteiger partial charge on any atom is 0.228 e. The molecule has 0 bridgehead atoms. The quantitative estimate of drug-likeness (QED) is 0.812. The molecule has 1 N–H and O–H groups in total. The summed E-state index contributed by atoms with van der Waals surface area (Å²) in [5.41, 5.74) is 0.788. The van der Waals surface area contributed by atoms with Crippen LogP contribution in [0.25, 0.3) is 0 Å². The van der Waals surface area contributed by atoms with E-state index < -0.39 is 0 Å². The van der Waals surface area contributed by atoms with E-state index in [1.54, 1.807) is 11.1 Å². The number of aliphatic hydroxyl groups excluding tert-OH is 1. The van der Waals surface area contributed by atoms with Crippen LogP contribution in [0.5, 0.6) is 0 Å². The van der Waals surface area contributed by atoms with Crippen LogP contribution >= 0.6 is 0 Å². The fourth-order valence-electron chi connectivity index (χ4n) is 2.11. The van der Waals surface area contributed by atoms with Crippen molar-refractivity contribution in [1.29, 1.82) is 0 Å². The first-order valence-electron chi connectivity index (χ1n) is 5.61. The fraction of sp³-hybridized carbons (Fsp3) is 0.500. The molecule has 0 aliphatic carbocycles. The van der Waals surface area contributed by atoms with Gasteiger partial charge >= 0.3 is 0 Å². The van der Waals surface area contributed by atoms with Gasteiger partial charge in [-0.3, -0.25) is 9.78 Å². The average molecular weight is 220 g/mol. The van der Waals surface area contributed by atoms with Crippen molar-refractivity contribution in [2.24, 2.45) is 0 Å². The monoisotopic (exact) mass is 220 g/mol. The van der Waals surface area contributed by atoms with Gasteiger partial charge in [0.25, 0.3) is 0 Å². The Morgan fingerprint density at radius 1 is 1.56 bits per heavy atom. The Bertz CT molecular complexity index is 353. The molecule has 1 aliphatic heterocycles. The molecule has 0 saturated carbocycles. The van der Waals surface area contributed by atoms with Crippen LogP contribution in [0.15, 0.2) is 24.4 Å². The zero-order chi connectivity index (χ0) is 11.4. The van der Waals surface area contributed by atoms with Crippen LogP contribution < -0.4 is 0 Å². The lowest BCUT2D eigenvalue weighted by Gasteiger charge is -2.22. The van der Waals surface area contributed by atoms with Crippen molar-refractivity contribution in [3.8, 4) is 0 Å². The summed E-state index contributed by atoms with van der Waals surface area (Å²) in [5, 5.41) is 9.14. The number of aromatic nitrogens is 1. The van der Waals surface area contributed by atoms with E-state index in [4.69, 9.17) is 5.11 Å². The minimum Gasteiger partial charge on any atom is -0.394 e. The Kier molecular flexibility index (Phi) is 3.51. The lowest BCUT2D eigenvalue weighted by molar-refractivity contribution is -0.132. The van der Waals surface area contributed by atoms with Gasteiger partial charge < -0.3 is 10.0 Å². The van der Waals surface area contributed by atoms with Crippen molar-refractivity contribution in [3.05, 3.63) is 30.1 Å². The van der Waals surface area contributed by atoms with Crippen molar-refractivity contribution in [2.45, 2.75) is 25.3 Å². The largest absolute Gasteiger partial charge is 0.394 e. The van der Waals surface area contributed by atoms with Crippen molar-refractivity contribution < 1.29 is 9.90 Å². The highest BCUT2D eigenvalue weighted by atomic mass is 16.3. The predicted octanol–water partition coefficient (Wildman–Crippen LogP) is 0.607. The first-order valence-corrected chi connectivity index (χ1v) is 5.61. The van der Waals surface area contributed by atoms with Crippen molar-refractivity contribution in [3.63, 3.8) is 0 Å². The Morgan fingerprint density at radius 3 is 3.12 bits per heavy atom. The first-order chi connectivity index (χ1) is 7.81. The molecule has 1 aromatic heterocycles. The number of hydrogen-bond acceptors (Lipinski definition) is 3. The standard InChI is InChI=1S/C12H16N2O2/c15-9-11-5-3-7-14(11)12(16)8-10-4-1-2-6-13-10/h1-2,4,6,11,15H,3,5,7-9H2/t11-/m0/s1. The first kappa shape index (κ1) is 11.1. The molecule has 0 spiro atoms. The second-order valence-corrected chi connectivity index (χ2v) is 4.06. The highest BCUT2D eigenvalue weighted by molar-refractivity contribution is 5.78. The topological polar surface area (TPSA) is 53.4 Å². The van der Waals surface area contributed by atoms with Gasteiger partial charge in [0.1, 0.15) is 0 Å². The molecule has 0 aromatic carbocycles. The summed E-state index contributed by atoms with van der Waals surface area (Å²) in [6, 6.07) is 5.57. The Balaban J connectivity index is 1.98. The molecule has 1 atom stereocenters. The number of pyridine rings is 1. The van der Waals surface area contributed by atoms with Crippen molar-refractivity contribution in [1.82, 2.24) is 9.88 Å². The highest BCUT2D eigenvalue weighted by Crippen LogP contribution is 2.17. The molecule has 1 saturated heterocycles. The SMILES string of the molecule is O=C(Cc1ccccn1)N1CCC[C@H]1CO. The van der Waals surface area contributed by atoms with Gasteiger partial charge in [-0.25, -0.2) is 0 Å². The average Bonchev–Trinajstić information content (AvgIpc) is 2.78. The highest BCUT2D eigenvalue weighted by Gasteiger charge is 2.27. The van der Waals surface area contributed by atoms with Gasteiger partial charge in [0.2, 0.25) is 5.91 Å². The van der Waals surface area contributed by atoms with Crippen LogP contribution in [0.3, 0.4) is 0 Å². The number of nitrogens with zero attached hydrogens (tertiary/aromatic N) is 2. The predicted molar refractivity (Wildman–Crippen MR) is 59.8 cm³/mol. The molecule has 1 amide bonds. The molecular formula is C12H16N2O2. The smallest absolute Gasteiger partial charge is 0.228 e. The summed E-state index contributed by atoms with van der Waals surface area (Å²) in [6.45, 7) is 0.824. The third-order valence-electron chi connectivity index (χ3n) is 2.97. The van der Waals surface area contributed by atoms with Crippen molar-refractivity contribution >= 4 is 5.91 Å². The number of aliphatic hydroxyl groups is 1.